The van der Waals surface area contributed by atoms with Gasteiger partial charge in [0.25, 0.3) is 0 Å². The summed E-state index contributed by atoms with van der Waals surface area (Å²) in [5.74, 6) is 1.14. The van der Waals surface area contributed by atoms with Crippen molar-refractivity contribution in [2.75, 3.05) is 18.1 Å². The molecule has 6 heteroatoms. The Bertz CT molecular complexity index is 303. The lowest BCUT2D eigenvalue weighted by molar-refractivity contribution is -0.144. The summed E-state index contributed by atoms with van der Waals surface area (Å²) in [5.41, 5.74) is 5.64. The molecule has 0 aliphatic heterocycles. The van der Waals surface area contributed by atoms with Crippen LogP contribution in [0.4, 0.5) is 0 Å². The van der Waals surface area contributed by atoms with Gasteiger partial charge >= 0.3 is 5.97 Å². The summed E-state index contributed by atoms with van der Waals surface area (Å²) in [6.45, 7) is 2.98. The number of carbonyl (C=O) groups excluding carboxylic acids is 1. The third-order valence-electron chi connectivity index (χ3n) is 1.91. The zero-order chi connectivity index (χ0) is 11.8. The van der Waals surface area contributed by atoms with Crippen molar-refractivity contribution in [1.29, 1.82) is 0 Å². The second kappa shape index (κ2) is 7.29. The molecule has 0 saturated heterocycles. The number of thioether (sulfide) groups is 1. The third kappa shape index (κ3) is 4.67. The van der Waals surface area contributed by atoms with E-state index in [2.05, 4.69) is 5.10 Å². The number of aromatic nitrogens is 2. The van der Waals surface area contributed by atoms with Crippen LogP contribution in [0.5, 0.6) is 0 Å². The predicted molar refractivity (Wildman–Crippen MR) is 64.2 cm³/mol. The van der Waals surface area contributed by atoms with Crippen LogP contribution in [-0.4, -0.2) is 39.9 Å². The Kier molecular flexibility index (Phi) is 5.95. The summed E-state index contributed by atoms with van der Waals surface area (Å²) in [5, 5.41) is 4.08. The average Bonchev–Trinajstić information content (AvgIpc) is 2.77. The Morgan fingerprint density at radius 1 is 1.69 bits per heavy atom. The van der Waals surface area contributed by atoms with Crippen molar-refractivity contribution < 1.29 is 9.53 Å². The summed E-state index contributed by atoms with van der Waals surface area (Å²) >= 11 is 1.63. The van der Waals surface area contributed by atoms with Gasteiger partial charge in [-0.2, -0.15) is 16.9 Å². The summed E-state index contributed by atoms with van der Waals surface area (Å²) in [6, 6.07) is 1.36. The lowest BCUT2D eigenvalue weighted by Gasteiger charge is -2.09. The maximum atomic E-state index is 11.2. The van der Waals surface area contributed by atoms with Crippen molar-refractivity contribution in [2.24, 2.45) is 5.73 Å². The molecule has 90 valence electrons. The SMILES string of the molecule is CCOC(=O)C(N)CSCCn1cccn1. The molecular weight excluding hydrogens is 226 g/mol. The minimum absolute atomic E-state index is 0.325. The number of nitrogens with zero attached hydrogens (tertiary/aromatic N) is 2. The van der Waals surface area contributed by atoms with Gasteiger partial charge in [-0.25, -0.2) is 0 Å². The van der Waals surface area contributed by atoms with Crippen LogP contribution in [0.25, 0.3) is 0 Å². The van der Waals surface area contributed by atoms with Gasteiger partial charge in [0.1, 0.15) is 6.04 Å². The molecule has 16 heavy (non-hydrogen) atoms. The van der Waals surface area contributed by atoms with Crippen LogP contribution < -0.4 is 5.73 Å². The Hall–Kier alpha value is -1.01. The smallest absolute Gasteiger partial charge is 0.323 e. The molecule has 1 aromatic rings. The number of carbonyl (C=O) groups is 1. The highest BCUT2D eigenvalue weighted by Gasteiger charge is 2.13. The maximum absolute atomic E-state index is 11.2. The van der Waals surface area contributed by atoms with Gasteiger partial charge in [0.15, 0.2) is 0 Å². The molecule has 0 saturated carbocycles. The number of hydrogen-bond acceptors (Lipinski definition) is 5. The van der Waals surface area contributed by atoms with E-state index in [-0.39, 0.29) is 5.97 Å². The van der Waals surface area contributed by atoms with E-state index >= 15 is 0 Å². The van der Waals surface area contributed by atoms with Gasteiger partial charge in [0, 0.05) is 30.4 Å². The average molecular weight is 243 g/mol. The molecule has 1 rings (SSSR count). The monoisotopic (exact) mass is 243 g/mol. The molecular formula is C10H17N3O2S. The van der Waals surface area contributed by atoms with Gasteiger partial charge in [-0.1, -0.05) is 0 Å². The topological polar surface area (TPSA) is 70.1 Å². The van der Waals surface area contributed by atoms with Crippen molar-refractivity contribution in [2.45, 2.75) is 19.5 Å². The maximum Gasteiger partial charge on any atom is 0.323 e. The first-order valence-electron chi connectivity index (χ1n) is 5.21. The van der Waals surface area contributed by atoms with Gasteiger partial charge in [-0.3, -0.25) is 9.48 Å². The van der Waals surface area contributed by atoms with Crippen molar-refractivity contribution >= 4 is 17.7 Å². The Labute approximate surface area is 99.3 Å². The zero-order valence-corrected chi connectivity index (χ0v) is 10.2. The van der Waals surface area contributed by atoms with Gasteiger partial charge in [-0.15, -0.1) is 0 Å². The first-order chi connectivity index (χ1) is 7.74. The fourth-order valence-corrected chi connectivity index (χ4v) is 1.99. The number of aryl methyl sites for hydroxylation is 1. The van der Waals surface area contributed by atoms with Crippen LogP contribution in [0.15, 0.2) is 18.5 Å². The Balaban J connectivity index is 2.08. The molecule has 0 fully saturated rings. The summed E-state index contributed by atoms with van der Waals surface area (Å²) in [4.78, 5) is 11.2. The highest BCUT2D eigenvalue weighted by molar-refractivity contribution is 7.99. The summed E-state index contributed by atoms with van der Waals surface area (Å²) in [7, 11) is 0. The molecule has 1 unspecified atom stereocenters. The van der Waals surface area contributed by atoms with Gasteiger partial charge in [0.2, 0.25) is 0 Å². The Morgan fingerprint density at radius 3 is 3.12 bits per heavy atom. The van der Waals surface area contributed by atoms with Crippen LogP contribution in [-0.2, 0) is 16.1 Å². The standard InChI is InChI=1S/C10H17N3O2S/c1-2-15-10(14)9(11)8-16-7-6-13-5-3-4-12-13/h3-5,9H,2,6-8,11H2,1H3. The number of nitrogens with two attached hydrogens (primary N) is 1. The van der Waals surface area contributed by atoms with Crippen LogP contribution in [0.1, 0.15) is 6.92 Å². The van der Waals surface area contributed by atoms with Crippen molar-refractivity contribution in [1.82, 2.24) is 9.78 Å². The lowest BCUT2D eigenvalue weighted by Crippen LogP contribution is -2.34. The second-order valence-corrected chi connectivity index (χ2v) is 4.35. The molecule has 0 spiro atoms. The molecule has 2 N–H and O–H groups in total. The first kappa shape index (κ1) is 13.1. The minimum Gasteiger partial charge on any atom is -0.465 e. The summed E-state index contributed by atoms with van der Waals surface area (Å²) in [6.07, 6.45) is 3.65. The molecule has 0 radical (unpaired) electrons. The van der Waals surface area contributed by atoms with E-state index in [4.69, 9.17) is 10.5 Å². The fraction of sp³-hybridized carbons (Fsp3) is 0.600. The van der Waals surface area contributed by atoms with E-state index in [0.29, 0.717) is 12.4 Å². The molecule has 1 aromatic heterocycles. The third-order valence-corrected chi connectivity index (χ3v) is 2.98. The van der Waals surface area contributed by atoms with Crippen molar-refractivity contribution in [3.63, 3.8) is 0 Å². The highest BCUT2D eigenvalue weighted by atomic mass is 32.2. The Morgan fingerprint density at radius 2 is 2.50 bits per heavy atom. The largest absolute Gasteiger partial charge is 0.465 e. The van der Waals surface area contributed by atoms with Gasteiger partial charge in [0.05, 0.1) is 6.61 Å². The van der Waals surface area contributed by atoms with E-state index in [1.54, 1.807) is 24.9 Å². The van der Waals surface area contributed by atoms with Crippen molar-refractivity contribution in [3.05, 3.63) is 18.5 Å². The molecule has 5 nitrogen and oxygen atoms in total. The van der Waals surface area contributed by atoms with Crippen LogP contribution in [0.2, 0.25) is 0 Å². The van der Waals surface area contributed by atoms with E-state index in [1.807, 2.05) is 16.9 Å². The number of hydrogen-bond donors (Lipinski definition) is 1. The second-order valence-electron chi connectivity index (χ2n) is 3.20. The summed E-state index contributed by atoms with van der Waals surface area (Å²) < 4.78 is 6.66. The number of rotatable bonds is 7. The van der Waals surface area contributed by atoms with Crippen LogP contribution in [0.3, 0.4) is 0 Å². The molecule has 0 bridgehead atoms. The molecule has 0 amide bonds. The number of esters is 1. The zero-order valence-electron chi connectivity index (χ0n) is 9.33. The molecule has 0 aliphatic carbocycles. The highest BCUT2D eigenvalue weighted by Crippen LogP contribution is 2.04. The predicted octanol–water partition coefficient (Wildman–Crippen LogP) is 0.507. The van der Waals surface area contributed by atoms with E-state index in [1.165, 1.54) is 0 Å². The lowest BCUT2D eigenvalue weighted by atomic mass is 10.4. The van der Waals surface area contributed by atoms with Gasteiger partial charge in [-0.05, 0) is 13.0 Å². The quantitative estimate of drug-likeness (QED) is 0.558. The van der Waals surface area contributed by atoms with E-state index in [9.17, 15) is 4.79 Å². The molecule has 1 atom stereocenters. The molecule has 1 heterocycles. The van der Waals surface area contributed by atoms with Crippen LogP contribution >= 0.6 is 11.8 Å². The normalized spacial score (nSPS) is 12.4. The molecule has 0 aliphatic rings. The minimum atomic E-state index is -0.525. The fourth-order valence-electron chi connectivity index (χ4n) is 1.12. The molecule has 0 aromatic carbocycles. The van der Waals surface area contributed by atoms with Crippen LogP contribution in [0, 0.1) is 0 Å². The van der Waals surface area contributed by atoms with Gasteiger partial charge < -0.3 is 10.5 Å². The van der Waals surface area contributed by atoms with Crippen molar-refractivity contribution in [3.8, 4) is 0 Å². The number of ether oxygens (including phenoxy) is 1. The first-order valence-corrected chi connectivity index (χ1v) is 6.37. The van der Waals surface area contributed by atoms with E-state index < -0.39 is 6.04 Å². The van der Waals surface area contributed by atoms with E-state index in [0.717, 1.165) is 12.3 Å².